The molecule has 4 nitrogen and oxygen atoms in total. The predicted octanol–water partition coefficient (Wildman–Crippen LogP) is 2.63. The molecule has 1 heterocycles. The van der Waals surface area contributed by atoms with Gasteiger partial charge in [0.1, 0.15) is 12.2 Å². The first kappa shape index (κ1) is 12.2. The third kappa shape index (κ3) is 2.18. The molecule has 100 valence electrons. The van der Waals surface area contributed by atoms with Crippen LogP contribution in [-0.4, -0.2) is 21.3 Å². The average Bonchev–Trinajstić information content (AvgIpc) is 3.07. The zero-order valence-electron chi connectivity index (χ0n) is 11.1. The Hall–Kier alpha value is -0.900. The normalized spacial score (nSPS) is 29.8. The van der Waals surface area contributed by atoms with Crippen LogP contribution in [0.4, 0.5) is 0 Å². The summed E-state index contributed by atoms with van der Waals surface area (Å²) in [6.45, 7) is 0.794. The van der Waals surface area contributed by atoms with Gasteiger partial charge in [0.2, 0.25) is 0 Å². The summed E-state index contributed by atoms with van der Waals surface area (Å²) in [6.07, 6.45) is 12.5. The van der Waals surface area contributed by atoms with Crippen LogP contribution in [0, 0.1) is 5.92 Å². The summed E-state index contributed by atoms with van der Waals surface area (Å²) in [5.41, 5.74) is 5.90. The van der Waals surface area contributed by atoms with Crippen molar-refractivity contribution in [2.45, 2.75) is 63.3 Å². The Balaban J connectivity index is 1.81. The first-order valence-corrected chi connectivity index (χ1v) is 7.49. The molecular weight excluding hydrogens is 224 g/mol. The zero-order valence-corrected chi connectivity index (χ0v) is 11.1. The Labute approximate surface area is 109 Å². The minimum Gasteiger partial charge on any atom is -0.330 e. The molecule has 1 aromatic rings. The Morgan fingerprint density at radius 1 is 1.11 bits per heavy atom. The predicted molar refractivity (Wildman–Crippen MR) is 71.3 cm³/mol. The molecule has 2 aliphatic carbocycles. The molecule has 2 unspecified atom stereocenters. The minimum atomic E-state index is 0.555. The highest BCUT2D eigenvalue weighted by atomic mass is 15.3. The van der Waals surface area contributed by atoms with E-state index in [1.807, 2.05) is 6.33 Å². The molecule has 18 heavy (non-hydrogen) atoms. The quantitative estimate of drug-likeness (QED) is 0.894. The van der Waals surface area contributed by atoms with Crippen LogP contribution < -0.4 is 5.73 Å². The number of nitrogens with two attached hydrogens (primary N) is 1. The second kappa shape index (κ2) is 5.39. The van der Waals surface area contributed by atoms with E-state index in [1.165, 1.54) is 57.2 Å². The Morgan fingerprint density at radius 3 is 2.72 bits per heavy atom. The number of rotatable bonds is 3. The fourth-order valence-corrected chi connectivity index (χ4v) is 3.82. The lowest BCUT2D eigenvalue weighted by molar-refractivity contribution is 0.332. The van der Waals surface area contributed by atoms with E-state index < -0.39 is 0 Å². The second-order valence-electron chi connectivity index (χ2n) is 5.92. The molecule has 2 saturated carbocycles. The SMILES string of the molecule is NCC1CCCC1c1nncn1C1CCCCC1. The van der Waals surface area contributed by atoms with Crippen LogP contribution in [0.2, 0.25) is 0 Å². The molecular formula is C14H24N4. The smallest absolute Gasteiger partial charge is 0.136 e. The van der Waals surface area contributed by atoms with Gasteiger partial charge in [0.05, 0.1) is 0 Å². The monoisotopic (exact) mass is 248 g/mol. The molecule has 0 spiro atoms. The fraction of sp³-hybridized carbons (Fsp3) is 0.857. The van der Waals surface area contributed by atoms with Gasteiger partial charge >= 0.3 is 0 Å². The molecule has 1 aromatic heterocycles. The Bertz CT molecular complexity index is 381. The molecule has 0 amide bonds. The van der Waals surface area contributed by atoms with Gasteiger partial charge in [-0.1, -0.05) is 25.7 Å². The molecule has 0 radical (unpaired) electrons. The fourth-order valence-electron chi connectivity index (χ4n) is 3.82. The number of nitrogens with zero attached hydrogens (tertiary/aromatic N) is 3. The van der Waals surface area contributed by atoms with Crippen molar-refractivity contribution in [1.82, 2.24) is 14.8 Å². The summed E-state index contributed by atoms with van der Waals surface area (Å²) in [5.74, 6) is 2.39. The maximum absolute atomic E-state index is 5.90. The third-order valence-electron chi connectivity index (χ3n) is 4.86. The van der Waals surface area contributed by atoms with E-state index in [4.69, 9.17) is 5.73 Å². The van der Waals surface area contributed by atoms with E-state index >= 15 is 0 Å². The first-order valence-electron chi connectivity index (χ1n) is 7.49. The van der Waals surface area contributed by atoms with Crippen molar-refractivity contribution in [2.75, 3.05) is 6.54 Å². The summed E-state index contributed by atoms with van der Waals surface area (Å²) in [5, 5.41) is 8.61. The highest BCUT2D eigenvalue weighted by Gasteiger charge is 2.32. The molecule has 2 atom stereocenters. The molecule has 2 N–H and O–H groups in total. The van der Waals surface area contributed by atoms with Crippen LogP contribution in [0.3, 0.4) is 0 Å². The largest absolute Gasteiger partial charge is 0.330 e. The van der Waals surface area contributed by atoms with E-state index in [1.54, 1.807) is 0 Å². The lowest BCUT2D eigenvalue weighted by atomic mass is 9.92. The maximum atomic E-state index is 5.90. The summed E-state index contributed by atoms with van der Waals surface area (Å²) in [6, 6.07) is 0.641. The van der Waals surface area contributed by atoms with Crippen molar-refractivity contribution >= 4 is 0 Å². The van der Waals surface area contributed by atoms with Crippen LogP contribution in [0.15, 0.2) is 6.33 Å². The molecule has 0 aromatic carbocycles. The van der Waals surface area contributed by atoms with Crippen LogP contribution in [0.25, 0.3) is 0 Å². The molecule has 2 aliphatic rings. The molecule has 0 bridgehead atoms. The Kier molecular flexibility index (Phi) is 3.64. The molecule has 2 fully saturated rings. The highest BCUT2D eigenvalue weighted by molar-refractivity contribution is 5.04. The van der Waals surface area contributed by atoms with Crippen LogP contribution in [0.5, 0.6) is 0 Å². The van der Waals surface area contributed by atoms with Gasteiger partial charge in [-0.05, 0) is 38.1 Å². The topological polar surface area (TPSA) is 56.7 Å². The summed E-state index contributed by atoms with van der Waals surface area (Å²) in [7, 11) is 0. The van der Waals surface area contributed by atoms with Gasteiger partial charge in [-0.25, -0.2) is 0 Å². The van der Waals surface area contributed by atoms with Crippen molar-refractivity contribution in [1.29, 1.82) is 0 Å². The zero-order chi connectivity index (χ0) is 12.4. The molecule has 0 saturated heterocycles. The van der Waals surface area contributed by atoms with Crippen LogP contribution in [-0.2, 0) is 0 Å². The number of hydrogen-bond donors (Lipinski definition) is 1. The summed E-state index contributed by atoms with van der Waals surface area (Å²) >= 11 is 0. The standard InChI is InChI=1S/C14H24N4/c15-9-11-5-4-8-13(11)14-17-16-10-18(14)12-6-2-1-3-7-12/h10-13H,1-9,15H2. The molecule has 4 heteroatoms. The lowest BCUT2D eigenvalue weighted by Crippen LogP contribution is -2.22. The van der Waals surface area contributed by atoms with Gasteiger partial charge < -0.3 is 10.3 Å². The molecule has 0 aliphatic heterocycles. The van der Waals surface area contributed by atoms with E-state index in [-0.39, 0.29) is 0 Å². The van der Waals surface area contributed by atoms with Gasteiger partial charge in [-0.3, -0.25) is 0 Å². The third-order valence-corrected chi connectivity index (χ3v) is 4.86. The Morgan fingerprint density at radius 2 is 1.94 bits per heavy atom. The van der Waals surface area contributed by atoms with Gasteiger partial charge in [-0.15, -0.1) is 10.2 Å². The van der Waals surface area contributed by atoms with Crippen molar-refractivity contribution < 1.29 is 0 Å². The summed E-state index contributed by atoms with van der Waals surface area (Å²) in [4.78, 5) is 0. The van der Waals surface area contributed by atoms with Crippen molar-refractivity contribution in [3.05, 3.63) is 12.2 Å². The van der Waals surface area contributed by atoms with Crippen LogP contribution in [0.1, 0.15) is 69.2 Å². The van der Waals surface area contributed by atoms with E-state index in [2.05, 4.69) is 14.8 Å². The van der Waals surface area contributed by atoms with Crippen molar-refractivity contribution in [3.63, 3.8) is 0 Å². The van der Waals surface area contributed by atoms with Crippen LogP contribution >= 0.6 is 0 Å². The van der Waals surface area contributed by atoms with E-state index in [9.17, 15) is 0 Å². The van der Waals surface area contributed by atoms with E-state index in [0.29, 0.717) is 17.9 Å². The van der Waals surface area contributed by atoms with Gasteiger partial charge in [0.25, 0.3) is 0 Å². The molecule has 3 rings (SSSR count). The van der Waals surface area contributed by atoms with Gasteiger partial charge in [0.15, 0.2) is 0 Å². The maximum Gasteiger partial charge on any atom is 0.136 e. The highest BCUT2D eigenvalue weighted by Crippen LogP contribution is 2.40. The van der Waals surface area contributed by atoms with Crippen molar-refractivity contribution in [2.24, 2.45) is 11.7 Å². The first-order chi connectivity index (χ1) is 8.90. The number of aromatic nitrogens is 3. The average molecular weight is 248 g/mol. The summed E-state index contributed by atoms with van der Waals surface area (Å²) < 4.78 is 2.37. The van der Waals surface area contributed by atoms with Gasteiger partial charge in [0, 0.05) is 12.0 Å². The van der Waals surface area contributed by atoms with Crippen molar-refractivity contribution in [3.8, 4) is 0 Å². The van der Waals surface area contributed by atoms with E-state index in [0.717, 1.165) is 6.54 Å². The minimum absolute atomic E-state index is 0.555. The lowest BCUT2D eigenvalue weighted by Gasteiger charge is -2.26. The second-order valence-corrected chi connectivity index (χ2v) is 5.92. The van der Waals surface area contributed by atoms with Gasteiger partial charge in [-0.2, -0.15) is 0 Å². The number of hydrogen-bond acceptors (Lipinski definition) is 3.